The van der Waals surface area contributed by atoms with Gasteiger partial charge in [-0.2, -0.15) is 0 Å². The van der Waals surface area contributed by atoms with E-state index in [0.29, 0.717) is 23.9 Å². The maximum absolute atomic E-state index is 13.7. The summed E-state index contributed by atoms with van der Waals surface area (Å²) < 4.78 is 16.6. The molecule has 3 saturated carbocycles. The third-order valence-corrected chi connectivity index (χ3v) is 11.9. The van der Waals surface area contributed by atoms with Crippen LogP contribution < -0.4 is 10.2 Å². The highest BCUT2D eigenvalue weighted by atomic mass is 16.5. The number of benzene rings is 1. The minimum Gasteiger partial charge on any atom is -0.478 e. The lowest BCUT2D eigenvalue weighted by molar-refractivity contribution is -0.193. The number of methoxy groups -OCH3 is 1. The lowest BCUT2D eigenvalue weighted by Gasteiger charge is -2.63. The van der Waals surface area contributed by atoms with Gasteiger partial charge in [-0.05, 0) is 71.5 Å². The standard InChI is InChI=1S/C32H43BO9/c1-7-30(4)16-21(31(5)17(2)10-12-32(18(3)28(30)36)13-11-23(34)27(31)32)26(29(37)38)41-19-8-9-20-22(14-19)33(39)42-24(20)15-25(35)40-6/h7-9,14,17-18,21,24,26-28,36,39H,1,10-13,15-16H2,2-6H3,(H,37,38)/t17-,18+,21+,24?,26?,27+,28+,30-,31-,32+/m1/s1. The highest BCUT2D eigenvalue weighted by molar-refractivity contribution is 6.61. The van der Waals surface area contributed by atoms with Crippen molar-refractivity contribution in [3.8, 4) is 5.75 Å². The first-order chi connectivity index (χ1) is 19.7. The molecule has 0 aromatic heterocycles. The van der Waals surface area contributed by atoms with Crippen molar-refractivity contribution in [2.24, 2.45) is 39.9 Å². The van der Waals surface area contributed by atoms with Crippen molar-refractivity contribution in [2.45, 2.75) is 84.5 Å². The molecule has 42 heavy (non-hydrogen) atoms. The molecule has 3 N–H and O–H groups in total. The number of esters is 1. The fourth-order valence-electron chi connectivity index (χ4n) is 9.20. The molecule has 3 fully saturated rings. The van der Waals surface area contributed by atoms with Gasteiger partial charge in [-0.15, -0.1) is 6.58 Å². The number of aliphatic hydroxyl groups is 1. The van der Waals surface area contributed by atoms with Crippen molar-refractivity contribution in [3.63, 3.8) is 0 Å². The lowest BCUT2D eigenvalue weighted by Crippen LogP contribution is -2.63. The third-order valence-electron chi connectivity index (χ3n) is 11.9. The molecule has 1 heterocycles. The lowest BCUT2D eigenvalue weighted by atomic mass is 9.41. The fourth-order valence-corrected chi connectivity index (χ4v) is 9.20. The molecule has 0 spiro atoms. The zero-order chi connectivity index (χ0) is 30.8. The average Bonchev–Trinajstić information content (AvgIpc) is 3.47. The van der Waals surface area contributed by atoms with Crippen LogP contribution in [0.25, 0.3) is 0 Å². The fraction of sp³-hybridized carbons (Fsp3) is 0.656. The quantitative estimate of drug-likeness (QED) is 0.251. The van der Waals surface area contributed by atoms with Gasteiger partial charge in [-0.3, -0.25) is 9.59 Å². The van der Waals surface area contributed by atoms with Crippen LogP contribution in [0, 0.1) is 39.9 Å². The largest absolute Gasteiger partial charge is 0.492 e. The van der Waals surface area contributed by atoms with Gasteiger partial charge in [-0.1, -0.05) is 39.8 Å². The molecule has 2 unspecified atom stereocenters. The van der Waals surface area contributed by atoms with Crippen molar-refractivity contribution in [1.82, 2.24) is 0 Å². The molecule has 1 aromatic rings. The number of aliphatic hydroxyl groups excluding tert-OH is 1. The summed E-state index contributed by atoms with van der Waals surface area (Å²) in [5.41, 5.74) is -0.952. The Morgan fingerprint density at radius 2 is 1.98 bits per heavy atom. The number of carbonyl (C=O) groups excluding carboxylic acids is 2. The number of carboxylic acids is 1. The van der Waals surface area contributed by atoms with E-state index < -0.39 is 65.4 Å². The van der Waals surface area contributed by atoms with Gasteiger partial charge in [0.15, 0.2) is 6.10 Å². The van der Waals surface area contributed by atoms with E-state index in [1.807, 2.05) is 13.8 Å². The van der Waals surface area contributed by atoms with Crippen LogP contribution in [0.2, 0.25) is 0 Å². The molecule has 4 aliphatic rings. The normalized spacial score (nSPS) is 39.9. The molecule has 0 amide bonds. The Kier molecular flexibility index (Phi) is 7.90. The van der Waals surface area contributed by atoms with E-state index in [0.717, 1.165) is 12.8 Å². The number of aliphatic carboxylic acids is 1. The average molecular weight is 582 g/mol. The van der Waals surface area contributed by atoms with Crippen LogP contribution in [0.5, 0.6) is 5.75 Å². The number of hydrogen-bond donors (Lipinski definition) is 3. The molecule has 0 radical (unpaired) electrons. The van der Waals surface area contributed by atoms with Gasteiger partial charge in [0, 0.05) is 23.7 Å². The summed E-state index contributed by atoms with van der Waals surface area (Å²) in [7, 11) is -0.0304. The summed E-state index contributed by atoms with van der Waals surface area (Å²) in [4.78, 5) is 38.7. The molecular weight excluding hydrogens is 539 g/mol. The molecule has 0 saturated heterocycles. The van der Waals surface area contributed by atoms with Crippen molar-refractivity contribution in [1.29, 1.82) is 0 Å². The van der Waals surface area contributed by atoms with E-state index in [4.69, 9.17) is 14.1 Å². The number of fused-ring (bicyclic) bond motifs is 1. The third kappa shape index (κ3) is 4.52. The number of hydrogen-bond acceptors (Lipinski definition) is 8. The molecule has 228 valence electrons. The molecule has 5 rings (SSSR count). The van der Waals surface area contributed by atoms with Crippen molar-refractivity contribution in [3.05, 3.63) is 36.4 Å². The molecule has 2 bridgehead atoms. The predicted octanol–water partition coefficient (Wildman–Crippen LogP) is 3.45. The Morgan fingerprint density at radius 3 is 2.62 bits per heavy atom. The monoisotopic (exact) mass is 582 g/mol. The molecular formula is C32H43BO9. The van der Waals surface area contributed by atoms with Gasteiger partial charge in [0.25, 0.3) is 0 Å². The van der Waals surface area contributed by atoms with Gasteiger partial charge >= 0.3 is 19.1 Å². The smallest absolute Gasteiger partial charge is 0.478 e. The maximum atomic E-state index is 13.7. The van der Waals surface area contributed by atoms with Gasteiger partial charge < -0.3 is 29.4 Å². The summed E-state index contributed by atoms with van der Waals surface area (Å²) in [5, 5.41) is 33.1. The van der Waals surface area contributed by atoms with Crippen LogP contribution in [-0.2, 0) is 23.8 Å². The summed E-state index contributed by atoms with van der Waals surface area (Å²) in [6.07, 6.45) is 1.84. The molecule has 9 nitrogen and oxygen atoms in total. The summed E-state index contributed by atoms with van der Waals surface area (Å²) in [6.45, 7) is 12.2. The number of rotatable bonds is 7. The van der Waals surface area contributed by atoms with E-state index in [9.17, 15) is 29.6 Å². The van der Waals surface area contributed by atoms with Crippen LogP contribution in [0.3, 0.4) is 0 Å². The first-order valence-corrected chi connectivity index (χ1v) is 15.0. The molecule has 1 aliphatic heterocycles. The van der Waals surface area contributed by atoms with E-state index in [-0.39, 0.29) is 36.2 Å². The van der Waals surface area contributed by atoms with Crippen LogP contribution in [-0.4, -0.2) is 59.4 Å². The highest BCUT2D eigenvalue weighted by Crippen LogP contribution is 2.69. The van der Waals surface area contributed by atoms with Crippen LogP contribution in [0.15, 0.2) is 30.9 Å². The van der Waals surface area contributed by atoms with Gasteiger partial charge in [0.05, 0.1) is 25.7 Å². The number of carbonyl (C=O) groups is 3. The summed E-state index contributed by atoms with van der Waals surface area (Å²) in [6, 6.07) is 4.84. The molecule has 1 aromatic carbocycles. The molecule has 10 atom stereocenters. The Labute approximate surface area is 247 Å². The number of ether oxygens (including phenoxy) is 2. The highest BCUT2D eigenvalue weighted by Gasteiger charge is 2.69. The summed E-state index contributed by atoms with van der Waals surface area (Å²) in [5.74, 6) is -2.41. The second kappa shape index (κ2) is 10.8. The first kappa shape index (κ1) is 30.8. The van der Waals surface area contributed by atoms with Crippen LogP contribution in [0.1, 0.15) is 77.9 Å². The van der Waals surface area contributed by atoms with Crippen molar-refractivity contribution < 1.29 is 43.7 Å². The van der Waals surface area contributed by atoms with Gasteiger partial charge in [0.1, 0.15) is 11.5 Å². The van der Waals surface area contributed by atoms with E-state index in [1.165, 1.54) is 7.11 Å². The van der Waals surface area contributed by atoms with Gasteiger partial charge in [0.2, 0.25) is 0 Å². The second-order valence-corrected chi connectivity index (χ2v) is 13.6. The Morgan fingerprint density at radius 1 is 1.26 bits per heavy atom. The Hall–Kier alpha value is -2.69. The predicted molar refractivity (Wildman–Crippen MR) is 155 cm³/mol. The topological polar surface area (TPSA) is 140 Å². The van der Waals surface area contributed by atoms with Crippen molar-refractivity contribution in [2.75, 3.05) is 7.11 Å². The van der Waals surface area contributed by atoms with E-state index >= 15 is 0 Å². The molecule has 10 heteroatoms. The SMILES string of the molecule is C=C[C@]1(C)C[C@@H](C(Oc2ccc3c(c2)B(O)OC3CC(=O)OC)C(=O)O)[C@@]2(C)[C@H](C)CC[C@]3(CCC(=O)[C@H]32)[C@@H](C)[C@@H]1O. The number of carboxylic acid groups (broad SMARTS) is 1. The van der Waals surface area contributed by atoms with Crippen molar-refractivity contribution >= 4 is 30.3 Å². The second-order valence-electron chi connectivity index (χ2n) is 13.6. The molecule has 3 aliphatic carbocycles. The minimum absolute atomic E-state index is 0.0407. The van der Waals surface area contributed by atoms with Crippen LogP contribution in [0.4, 0.5) is 0 Å². The van der Waals surface area contributed by atoms with E-state index in [1.54, 1.807) is 24.3 Å². The maximum Gasteiger partial charge on any atom is 0.492 e. The zero-order valence-electron chi connectivity index (χ0n) is 25.2. The van der Waals surface area contributed by atoms with Crippen LogP contribution >= 0.6 is 0 Å². The van der Waals surface area contributed by atoms with E-state index in [2.05, 4.69) is 20.4 Å². The number of ketones is 1. The van der Waals surface area contributed by atoms with Gasteiger partial charge in [-0.25, -0.2) is 4.79 Å². The first-order valence-electron chi connectivity index (χ1n) is 15.0. The Bertz CT molecular complexity index is 1280. The summed E-state index contributed by atoms with van der Waals surface area (Å²) >= 11 is 0. The zero-order valence-corrected chi connectivity index (χ0v) is 25.2. The number of Topliss-reactive ketones (excluding diaryl/α,β-unsaturated/α-hetero) is 1. The Balaban J connectivity index is 1.58. The minimum atomic E-state index is -1.34.